The highest BCUT2D eigenvalue weighted by Gasteiger charge is 2.57. The van der Waals surface area contributed by atoms with E-state index >= 15 is 8.78 Å². The number of rotatable bonds is 2. The van der Waals surface area contributed by atoms with E-state index in [4.69, 9.17) is 9.47 Å². The van der Waals surface area contributed by atoms with Gasteiger partial charge in [-0.15, -0.1) is 0 Å². The largest absolute Gasteiger partial charge is 0.448 e. The van der Waals surface area contributed by atoms with Crippen LogP contribution in [-0.4, -0.2) is 5.79 Å². The van der Waals surface area contributed by atoms with Crippen molar-refractivity contribution in [3.05, 3.63) is 108 Å². The van der Waals surface area contributed by atoms with Crippen molar-refractivity contribution < 1.29 is 18.3 Å². The van der Waals surface area contributed by atoms with Crippen molar-refractivity contribution in [3.8, 4) is 33.8 Å². The van der Waals surface area contributed by atoms with Crippen molar-refractivity contribution in [3.63, 3.8) is 0 Å². The van der Waals surface area contributed by atoms with Gasteiger partial charge in [0, 0.05) is 23.0 Å². The second-order valence-corrected chi connectivity index (χ2v) is 10.2. The molecule has 4 aromatic carbocycles. The van der Waals surface area contributed by atoms with E-state index in [0.29, 0.717) is 24.0 Å². The van der Waals surface area contributed by atoms with E-state index in [2.05, 4.69) is 0 Å². The maximum Gasteiger partial charge on any atom is 0.257 e. The van der Waals surface area contributed by atoms with E-state index in [9.17, 15) is 0 Å². The summed E-state index contributed by atoms with van der Waals surface area (Å²) in [5.74, 6) is -1.22. The summed E-state index contributed by atoms with van der Waals surface area (Å²) in [4.78, 5) is 0. The number of halogens is 2. The molecule has 2 aliphatic heterocycles. The van der Waals surface area contributed by atoms with E-state index in [-0.39, 0.29) is 35.0 Å². The van der Waals surface area contributed by atoms with Crippen LogP contribution >= 0.6 is 0 Å². The minimum Gasteiger partial charge on any atom is -0.448 e. The Balaban J connectivity index is 1.34. The van der Waals surface area contributed by atoms with E-state index < -0.39 is 5.79 Å². The summed E-state index contributed by atoms with van der Waals surface area (Å²) in [6.07, 6.45) is 4.20. The van der Waals surface area contributed by atoms with Crippen molar-refractivity contribution in [1.82, 2.24) is 0 Å². The average Bonchev–Trinajstić information content (AvgIpc) is 2.92. The van der Waals surface area contributed by atoms with Crippen molar-refractivity contribution >= 4 is 0 Å². The highest BCUT2D eigenvalue weighted by molar-refractivity contribution is 5.69. The van der Waals surface area contributed by atoms with Crippen molar-refractivity contribution in [2.75, 3.05) is 0 Å². The summed E-state index contributed by atoms with van der Waals surface area (Å²) >= 11 is 0. The van der Waals surface area contributed by atoms with E-state index in [0.717, 1.165) is 41.5 Å². The minimum atomic E-state index is -1.06. The molecule has 3 aliphatic rings. The molecule has 7 rings (SSSR count). The van der Waals surface area contributed by atoms with Crippen LogP contribution in [0.1, 0.15) is 30.4 Å². The molecule has 0 unspecified atom stereocenters. The van der Waals surface area contributed by atoms with Gasteiger partial charge in [0.15, 0.2) is 23.1 Å². The predicted octanol–water partition coefficient (Wildman–Crippen LogP) is 7.98. The molecule has 2 heterocycles. The number of ether oxygens (including phenoxy) is 2. The van der Waals surface area contributed by atoms with Crippen LogP contribution in [0.4, 0.5) is 8.78 Å². The van der Waals surface area contributed by atoms with Crippen LogP contribution in [-0.2, 0) is 12.8 Å². The van der Waals surface area contributed by atoms with Gasteiger partial charge in [0.1, 0.15) is 0 Å². The molecule has 180 valence electrons. The van der Waals surface area contributed by atoms with E-state index in [1.165, 1.54) is 0 Å². The lowest BCUT2D eigenvalue weighted by Crippen LogP contribution is -2.61. The first-order chi connectivity index (χ1) is 17.6. The van der Waals surface area contributed by atoms with Crippen molar-refractivity contribution in [2.24, 2.45) is 11.8 Å². The van der Waals surface area contributed by atoms with Gasteiger partial charge in [-0.1, -0.05) is 91.3 Å². The Bertz CT molecular complexity index is 1340. The first-order valence-corrected chi connectivity index (χ1v) is 12.8. The molecule has 1 fully saturated rings. The average molecular weight is 481 g/mol. The Hall–Kier alpha value is -3.66. The molecule has 36 heavy (non-hydrogen) atoms. The fourth-order valence-corrected chi connectivity index (χ4v) is 6.45. The second kappa shape index (κ2) is 8.19. The highest BCUT2D eigenvalue weighted by Crippen LogP contribution is 2.54. The molecule has 1 spiro atoms. The molecule has 1 aliphatic carbocycles. The Kier molecular flexibility index (Phi) is 4.92. The molecule has 0 N–H and O–H groups in total. The van der Waals surface area contributed by atoms with Gasteiger partial charge < -0.3 is 9.47 Å². The van der Waals surface area contributed by atoms with Gasteiger partial charge in [-0.05, 0) is 47.9 Å². The summed E-state index contributed by atoms with van der Waals surface area (Å²) in [6.45, 7) is 0. The zero-order valence-corrected chi connectivity index (χ0v) is 19.8. The number of hydrogen-bond acceptors (Lipinski definition) is 2. The van der Waals surface area contributed by atoms with Crippen LogP contribution in [0.15, 0.2) is 84.9 Å². The first kappa shape index (κ1) is 21.6. The van der Waals surface area contributed by atoms with Gasteiger partial charge in [0.2, 0.25) is 0 Å². The minimum absolute atomic E-state index is 0.0404. The van der Waals surface area contributed by atoms with Gasteiger partial charge in [-0.2, -0.15) is 0 Å². The number of hydrogen-bond donors (Lipinski definition) is 0. The lowest BCUT2D eigenvalue weighted by molar-refractivity contribution is -0.228. The maximum absolute atomic E-state index is 16.0. The lowest BCUT2D eigenvalue weighted by atomic mass is 9.68. The van der Waals surface area contributed by atoms with Crippen LogP contribution in [0.2, 0.25) is 0 Å². The predicted molar refractivity (Wildman–Crippen MR) is 136 cm³/mol. The van der Waals surface area contributed by atoms with Crippen molar-refractivity contribution in [2.45, 2.75) is 37.9 Å². The third-order valence-corrected chi connectivity index (χ3v) is 8.23. The summed E-state index contributed by atoms with van der Waals surface area (Å²) in [5, 5.41) is 0. The Morgan fingerprint density at radius 3 is 1.47 bits per heavy atom. The smallest absolute Gasteiger partial charge is 0.257 e. The third-order valence-electron chi connectivity index (χ3n) is 8.23. The molecule has 0 aromatic heterocycles. The fraction of sp³-hybridized carbons (Fsp3) is 0.250. The van der Waals surface area contributed by atoms with Gasteiger partial charge in [-0.3, -0.25) is 0 Å². The molecule has 2 atom stereocenters. The van der Waals surface area contributed by atoms with Crippen LogP contribution in [0.3, 0.4) is 0 Å². The summed E-state index contributed by atoms with van der Waals surface area (Å²) < 4.78 is 45.1. The monoisotopic (exact) mass is 480 g/mol. The SMILES string of the molecule is Fc1c(-c2ccccc2)ccc2c1OC13Oc4c(ccc(-c5ccccc5)c4F)C[C@H]1CCC[C@@H]3C2. The maximum atomic E-state index is 16.0. The summed E-state index contributed by atoms with van der Waals surface area (Å²) in [5.41, 5.74) is 4.33. The van der Waals surface area contributed by atoms with Crippen LogP contribution in [0, 0.1) is 23.5 Å². The van der Waals surface area contributed by atoms with E-state index in [1.54, 1.807) is 0 Å². The number of fused-ring (bicyclic) bond motifs is 2. The summed E-state index contributed by atoms with van der Waals surface area (Å²) in [6, 6.07) is 26.6. The molecular weight excluding hydrogens is 454 g/mol. The zero-order chi connectivity index (χ0) is 24.3. The van der Waals surface area contributed by atoms with Gasteiger partial charge in [0.05, 0.1) is 0 Å². The fourth-order valence-electron chi connectivity index (χ4n) is 6.45. The highest BCUT2D eigenvalue weighted by atomic mass is 19.1. The van der Waals surface area contributed by atoms with E-state index in [1.807, 2.05) is 84.9 Å². The standard InChI is InChI=1S/C32H26F2O2/c33-28-26(20-8-3-1-4-9-20)16-14-22-18-24-12-7-13-25-19-23-15-17-27(21-10-5-2-6-11-21)29(34)31(23)36-32(24,25)35-30(22)28/h1-6,8-11,14-17,24-25H,7,12-13,18-19H2/t24-,25-,32?/m1/s1. The molecule has 1 saturated carbocycles. The summed E-state index contributed by atoms with van der Waals surface area (Å²) in [7, 11) is 0. The van der Waals surface area contributed by atoms with Gasteiger partial charge >= 0.3 is 0 Å². The number of benzene rings is 4. The van der Waals surface area contributed by atoms with Crippen LogP contribution in [0.25, 0.3) is 22.3 Å². The molecule has 0 amide bonds. The first-order valence-electron chi connectivity index (χ1n) is 12.8. The van der Waals surface area contributed by atoms with Crippen molar-refractivity contribution in [1.29, 1.82) is 0 Å². The van der Waals surface area contributed by atoms with Gasteiger partial charge in [0.25, 0.3) is 5.79 Å². The molecule has 0 bridgehead atoms. The molecule has 0 saturated heterocycles. The topological polar surface area (TPSA) is 18.5 Å². The Morgan fingerprint density at radius 1 is 0.583 bits per heavy atom. The third kappa shape index (κ3) is 3.20. The molecule has 0 radical (unpaired) electrons. The van der Waals surface area contributed by atoms with Crippen LogP contribution < -0.4 is 9.47 Å². The zero-order valence-electron chi connectivity index (χ0n) is 19.8. The molecule has 4 heteroatoms. The quantitative estimate of drug-likeness (QED) is 0.290. The lowest BCUT2D eigenvalue weighted by Gasteiger charge is -2.53. The van der Waals surface area contributed by atoms with Gasteiger partial charge in [-0.25, -0.2) is 8.78 Å². The normalized spacial score (nSPS) is 23.8. The Morgan fingerprint density at radius 2 is 1.03 bits per heavy atom. The Labute approximate surface area is 209 Å². The molecular formula is C32H26F2O2. The van der Waals surface area contributed by atoms with Crippen LogP contribution in [0.5, 0.6) is 11.5 Å². The molecule has 2 nitrogen and oxygen atoms in total. The second-order valence-electron chi connectivity index (χ2n) is 10.2. The molecule has 4 aromatic rings.